The largest absolute Gasteiger partial charge is 0.340 e. The zero-order chi connectivity index (χ0) is 14.0. The monoisotopic (exact) mass is 260 g/mol. The number of carbonyl (C=O) groups excluding carboxylic acids is 2. The highest BCUT2D eigenvalue weighted by molar-refractivity contribution is 5.91. The van der Waals surface area contributed by atoms with Crippen LogP contribution in [0.25, 0.3) is 0 Å². The zero-order valence-electron chi connectivity index (χ0n) is 11.6. The Morgan fingerprint density at radius 1 is 1.16 bits per heavy atom. The van der Waals surface area contributed by atoms with E-state index in [1.807, 2.05) is 51.1 Å². The second kappa shape index (κ2) is 5.03. The predicted molar refractivity (Wildman–Crippen MR) is 73.4 cm³/mol. The quantitative estimate of drug-likeness (QED) is 0.838. The first kappa shape index (κ1) is 13.6. The van der Waals surface area contributed by atoms with Gasteiger partial charge in [-0.15, -0.1) is 0 Å². The molecule has 2 amide bonds. The van der Waals surface area contributed by atoms with E-state index in [1.165, 1.54) is 0 Å². The summed E-state index contributed by atoms with van der Waals surface area (Å²) >= 11 is 0. The highest BCUT2D eigenvalue weighted by Crippen LogP contribution is 2.24. The molecule has 1 heterocycles. The van der Waals surface area contributed by atoms with E-state index in [-0.39, 0.29) is 17.4 Å². The molecule has 0 aliphatic carbocycles. The van der Waals surface area contributed by atoms with Crippen molar-refractivity contribution in [1.29, 1.82) is 0 Å². The third-order valence-electron chi connectivity index (χ3n) is 3.32. The average molecular weight is 260 g/mol. The lowest BCUT2D eigenvalue weighted by atomic mass is 10.0. The van der Waals surface area contributed by atoms with Crippen LogP contribution in [0.2, 0.25) is 0 Å². The Morgan fingerprint density at radius 2 is 1.79 bits per heavy atom. The normalized spacial score (nSPS) is 21.0. The molecular formula is C15H20N2O2. The van der Waals surface area contributed by atoms with E-state index in [0.29, 0.717) is 13.0 Å². The van der Waals surface area contributed by atoms with E-state index >= 15 is 0 Å². The van der Waals surface area contributed by atoms with Gasteiger partial charge in [0.2, 0.25) is 11.8 Å². The van der Waals surface area contributed by atoms with Crippen LogP contribution in [0.5, 0.6) is 0 Å². The van der Waals surface area contributed by atoms with Crippen LogP contribution in [0.15, 0.2) is 30.3 Å². The summed E-state index contributed by atoms with van der Waals surface area (Å²) in [5, 5.41) is 2.82. The van der Waals surface area contributed by atoms with Gasteiger partial charge in [-0.1, -0.05) is 30.3 Å². The molecule has 1 unspecified atom stereocenters. The molecule has 1 aromatic carbocycles. The first-order valence-electron chi connectivity index (χ1n) is 6.55. The highest BCUT2D eigenvalue weighted by atomic mass is 16.2. The summed E-state index contributed by atoms with van der Waals surface area (Å²) in [5.41, 5.74) is 0.549. The maximum atomic E-state index is 12.6. The molecule has 102 valence electrons. The summed E-state index contributed by atoms with van der Waals surface area (Å²) in [5.74, 6) is -0.112. The van der Waals surface area contributed by atoms with Crippen LogP contribution in [0.4, 0.5) is 0 Å². The molecule has 19 heavy (non-hydrogen) atoms. The van der Waals surface area contributed by atoms with Crippen LogP contribution >= 0.6 is 0 Å². The average Bonchev–Trinajstić information content (AvgIpc) is 2.49. The maximum absolute atomic E-state index is 12.6. The summed E-state index contributed by atoms with van der Waals surface area (Å²) in [6.45, 7) is 6.44. The Labute approximate surface area is 113 Å². The van der Waals surface area contributed by atoms with Gasteiger partial charge in [-0.3, -0.25) is 9.59 Å². The molecule has 0 saturated carbocycles. The van der Waals surface area contributed by atoms with Gasteiger partial charge in [-0.2, -0.15) is 0 Å². The molecule has 1 aliphatic rings. The van der Waals surface area contributed by atoms with Gasteiger partial charge >= 0.3 is 0 Å². The van der Waals surface area contributed by atoms with Gasteiger partial charge in [0.25, 0.3) is 0 Å². The van der Waals surface area contributed by atoms with Crippen molar-refractivity contribution in [3.63, 3.8) is 0 Å². The predicted octanol–water partition coefficient (Wildman–Crippen LogP) is 1.87. The van der Waals surface area contributed by atoms with Crippen molar-refractivity contribution < 1.29 is 9.59 Å². The van der Waals surface area contributed by atoms with Crippen LogP contribution in [-0.4, -0.2) is 28.8 Å². The van der Waals surface area contributed by atoms with E-state index in [2.05, 4.69) is 5.32 Å². The molecule has 0 spiro atoms. The fourth-order valence-electron chi connectivity index (χ4n) is 2.31. The lowest BCUT2D eigenvalue weighted by Gasteiger charge is -2.36. The molecule has 1 atom stereocenters. The van der Waals surface area contributed by atoms with Crippen LogP contribution in [0, 0.1) is 0 Å². The molecule has 1 aromatic rings. The number of rotatable bonds is 1. The minimum atomic E-state index is -0.574. The molecule has 1 fully saturated rings. The molecule has 4 nitrogen and oxygen atoms in total. The number of hydrogen-bond donors (Lipinski definition) is 1. The van der Waals surface area contributed by atoms with Crippen LogP contribution in [0.1, 0.15) is 38.8 Å². The SMILES string of the molecule is CC(C)(C)N1CCC(=O)NC(c2ccccc2)C1=O. The van der Waals surface area contributed by atoms with Gasteiger partial charge < -0.3 is 10.2 Å². The smallest absolute Gasteiger partial charge is 0.250 e. The number of nitrogens with one attached hydrogen (secondary N) is 1. The molecule has 1 aliphatic heterocycles. The molecule has 0 bridgehead atoms. The molecule has 1 saturated heterocycles. The zero-order valence-corrected chi connectivity index (χ0v) is 11.6. The third kappa shape index (κ3) is 2.95. The fourth-order valence-corrected chi connectivity index (χ4v) is 2.31. The standard InChI is InChI=1S/C15H20N2O2/c1-15(2,3)17-10-9-12(18)16-13(14(17)19)11-7-5-4-6-8-11/h4-8,13H,9-10H2,1-3H3,(H,16,18). The number of nitrogens with zero attached hydrogens (tertiary/aromatic N) is 1. The molecular weight excluding hydrogens is 240 g/mol. The molecule has 0 radical (unpaired) electrons. The molecule has 1 N–H and O–H groups in total. The van der Waals surface area contributed by atoms with Crippen LogP contribution in [-0.2, 0) is 9.59 Å². The van der Waals surface area contributed by atoms with Gasteiger partial charge in [0.15, 0.2) is 0 Å². The molecule has 2 rings (SSSR count). The van der Waals surface area contributed by atoms with Crippen molar-refractivity contribution in [2.45, 2.75) is 38.8 Å². The van der Waals surface area contributed by atoms with E-state index in [4.69, 9.17) is 0 Å². The van der Waals surface area contributed by atoms with Gasteiger partial charge in [0.05, 0.1) is 0 Å². The van der Waals surface area contributed by atoms with Gasteiger partial charge in [-0.25, -0.2) is 0 Å². The lowest BCUT2D eigenvalue weighted by Crippen LogP contribution is -2.48. The van der Waals surface area contributed by atoms with E-state index in [1.54, 1.807) is 4.90 Å². The summed E-state index contributed by atoms with van der Waals surface area (Å²) in [6, 6.07) is 8.82. The van der Waals surface area contributed by atoms with Crippen molar-refractivity contribution in [2.75, 3.05) is 6.54 Å². The van der Waals surface area contributed by atoms with Crippen molar-refractivity contribution in [2.24, 2.45) is 0 Å². The number of carbonyl (C=O) groups is 2. The summed E-state index contributed by atoms with van der Waals surface area (Å²) in [4.78, 5) is 26.2. The lowest BCUT2D eigenvalue weighted by molar-refractivity contribution is -0.137. The summed E-state index contributed by atoms with van der Waals surface area (Å²) < 4.78 is 0. The molecule has 4 heteroatoms. The number of benzene rings is 1. The maximum Gasteiger partial charge on any atom is 0.250 e. The van der Waals surface area contributed by atoms with Crippen molar-refractivity contribution in [3.8, 4) is 0 Å². The number of amides is 2. The van der Waals surface area contributed by atoms with E-state index in [9.17, 15) is 9.59 Å². The topological polar surface area (TPSA) is 49.4 Å². The third-order valence-corrected chi connectivity index (χ3v) is 3.32. The Kier molecular flexibility index (Phi) is 3.60. The second-order valence-electron chi connectivity index (χ2n) is 5.82. The van der Waals surface area contributed by atoms with Crippen LogP contribution in [0.3, 0.4) is 0 Å². The van der Waals surface area contributed by atoms with E-state index in [0.717, 1.165) is 5.56 Å². The van der Waals surface area contributed by atoms with Gasteiger partial charge in [0, 0.05) is 18.5 Å². The van der Waals surface area contributed by atoms with E-state index < -0.39 is 6.04 Å². The Balaban J connectivity index is 2.36. The minimum absolute atomic E-state index is 0.0375. The Morgan fingerprint density at radius 3 is 2.37 bits per heavy atom. The Bertz CT molecular complexity index is 477. The Hall–Kier alpha value is -1.84. The van der Waals surface area contributed by atoms with Crippen molar-refractivity contribution in [1.82, 2.24) is 10.2 Å². The fraction of sp³-hybridized carbons (Fsp3) is 0.467. The van der Waals surface area contributed by atoms with Gasteiger partial charge in [-0.05, 0) is 26.3 Å². The molecule has 0 aromatic heterocycles. The van der Waals surface area contributed by atoms with Crippen molar-refractivity contribution >= 4 is 11.8 Å². The van der Waals surface area contributed by atoms with Crippen molar-refractivity contribution in [3.05, 3.63) is 35.9 Å². The summed E-state index contributed by atoms with van der Waals surface area (Å²) in [6.07, 6.45) is 0.354. The van der Waals surface area contributed by atoms with Crippen LogP contribution < -0.4 is 5.32 Å². The first-order valence-corrected chi connectivity index (χ1v) is 6.55. The van der Waals surface area contributed by atoms with Gasteiger partial charge in [0.1, 0.15) is 6.04 Å². The second-order valence-corrected chi connectivity index (χ2v) is 5.82. The highest BCUT2D eigenvalue weighted by Gasteiger charge is 2.36. The minimum Gasteiger partial charge on any atom is -0.340 e. The number of hydrogen-bond acceptors (Lipinski definition) is 2. The first-order chi connectivity index (χ1) is 8.89. The summed E-state index contributed by atoms with van der Waals surface area (Å²) in [7, 11) is 0.